The number of rotatable bonds is 3. The first kappa shape index (κ1) is 18.0. The van der Waals surface area contributed by atoms with E-state index >= 15 is 0 Å². The molecule has 8 heteroatoms. The summed E-state index contributed by atoms with van der Waals surface area (Å²) in [7, 11) is 0. The van der Waals surface area contributed by atoms with Crippen LogP contribution in [-0.2, 0) is 4.74 Å². The van der Waals surface area contributed by atoms with Gasteiger partial charge in [-0.1, -0.05) is 0 Å². The van der Waals surface area contributed by atoms with Crippen molar-refractivity contribution < 1.29 is 19.4 Å². The van der Waals surface area contributed by atoms with Crippen LogP contribution in [0.3, 0.4) is 0 Å². The highest BCUT2D eigenvalue weighted by Crippen LogP contribution is 2.28. The molecule has 3 N–H and O–H groups in total. The number of anilines is 1. The van der Waals surface area contributed by atoms with E-state index in [9.17, 15) is 14.7 Å². The molecule has 1 fully saturated rings. The number of carbonyl (C=O) groups excluding carboxylic acids is 1. The number of hydrogen-bond acceptors (Lipinski definition) is 5. The summed E-state index contributed by atoms with van der Waals surface area (Å²) in [6, 6.07) is 1.74. The number of fused-ring (bicyclic) bond motifs is 1. The summed E-state index contributed by atoms with van der Waals surface area (Å²) in [5, 5.41) is 13.5. The minimum atomic E-state index is -1.04. The molecule has 0 unspecified atom stereocenters. The van der Waals surface area contributed by atoms with E-state index in [4.69, 9.17) is 4.74 Å². The van der Waals surface area contributed by atoms with Gasteiger partial charge in [0.1, 0.15) is 16.8 Å². The van der Waals surface area contributed by atoms with Gasteiger partial charge in [-0.2, -0.15) is 0 Å². The van der Waals surface area contributed by atoms with Gasteiger partial charge in [-0.15, -0.1) is 0 Å². The molecule has 0 radical (unpaired) electrons. The maximum atomic E-state index is 12.3. The number of amides is 1. The number of pyridine rings is 1. The normalized spacial score (nSPS) is 18.0. The van der Waals surface area contributed by atoms with E-state index in [2.05, 4.69) is 15.3 Å². The summed E-state index contributed by atoms with van der Waals surface area (Å²) >= 11 is 0. The van der Waals surface area contributed by atoms with Crippen LogP contribution in [0.1, 0.15) is 44.0 Å². The molecule has 0 spiro atoms. The Kier molecular flexibility index (Phi) is 4.76. The van der Waals surface area contributed by atoms with Crippen LogP contribution >= 0.6 is 0 Å². The summed E-state index contributed by atoms with van der Waals surface area (Å²) in [5.41, 5.74) is 0.722. The van der Waals surface area contributed by atoms with Crippen molar-refractivity contribution in [1.82, 2.24) is 14.9 Å². The van der Waals surface area contributed by atoms with Crippen LogP contribution in [0.4, 0.5) is 10.5 Å². The molecule has 0 aliphatic carbocycles. The minimum Gasteiger partial charge on any atom is -0.478 e. The molecule has 0 bridgehead atoms. The summed E-state index contributed by atoms with van der Waals surface area (Å²) in [6.45, 7) is 6.60. The van der Waals surface area contributed by atoms with Gasteiger partial charge in [-0.25, -0.2) is 14.6 Å². The summed E-state index contributed by atoms with van der Waals surface area (Å²) < 4.78 is 5.45. The quantitative estimate of drug-likeness (QED) is 0.776. The second kappa shape index (κ2) is 6.86. The number of piperidine rings is 1. The lowest BCUT2D eigenvalue weighted by Crippen LogP contribution is -2.47. The molecule has 3 heterocycles. The first-order chi connectivity index (χ1) is 12.2. The smallest absolute Gasteiger partial charge is 0.410 e. The lowest BCUT2D eigenvalue weighted by atomic mass is 10.0. The molecule has 2 aromatic rings. The summed E-state index contributed by atoms with van der Waals surface area (Å²) in [5.74, 6) is -1.04. The molecule has 0 aromatic carbocycles. The first-order valence-corrected chi connectivity index (χ1v) is 8.68. The maximum Gasteiger partial charge on any atom is 0.410 e. The second-order valence-electron chi connectivity index (χ2n) is 7.50. The van der Waals surface area contributed by atoms with Crippen molar-refractivity contribution in [3.63, 3.8) is 0 Å². The monoisotopic (exact) mass is 360 g/mol. The van der Waals surface area contributed by atoms with Gasteiger partial charge in [0.15, 0.2) is 0 Å². The average molecular weight is 360 g/mol. The number of nitrogens with zero attached hydrogens (tertiary/aromatic N) is 2. The predicted molar refractivity (Wildman–Crippen MR) is 97.5 cm³/mol. The van der Waals surface area contributed by atoms with Crippen LogP contribution in [0.5, 0.6) is 0 Å². The Bertz CT molecular complexity index is 824. The maximum absolute atomic E-state index is 12.3. The number of nitrogens with one attached hydrogen (secondary N) is 2. The zero-order valence-corrected chi connectivity index (χ0v) is 15.2. The van der Waals surface area contributed by atoms with Crippen LogP contribution in [-0.4, -0.2) is 56.8 Å². The van der Waals surface area contributed by atoms with Gasteiger partial charge in [-0.3, -0.25) is 0 Å². The van der Waals surface area contributed by atoms with Gasteiger partial charge in [0.05, 0.1) is 5.69 Å². The Morgan fingerprint density at radius 3 is 2.88 bits per heavy atom. The van der Waals surface area contributed by atoms with Gasteiger partial charge < -0.3 is 25.0 Å². The van der Waals surface area contributed by atoms with E-state index in [-0.39, 0.29) is 17.7 Å². The van der Waals surface area contributed by atoms with E-state index in [1.807, 2.05) is 20.8 Å². The van der Waals surface area contributed by atoms with Crippen molar-refractivity contribution in [3.05, 3.63) is 24.0 Å². The fourth-order valence-electron chi connectivity index (χ4n) is 3.12. The Morgan fingerprint density at radius 1 is 1.42 bits per heavy atom. The Hall–Kier alpha value is -2.77. The van der Waals surface area contributed by atoms with Gasteiger partial charge >= 0.3 is 12.1 Å². The molecule has 140 valence electrons. The number of aromatic amines is 1. The zero-order chi connectivity index (χ0) is 18.9. The van der Waals surface area contributed by atoms with E-state index < -0.39 is 11.6 Å². The van der Waals surface area contributed by atoms with Crippen molar-refractivity contribution in [2.24, 2.45) is 0 Å². The molecule has 0 saturated carbocycles. The fourth-order valence-corrected chi connectivity index (χ4v) is 3.12. The number of hydrogen-bond donors (Lipinski definition) is 3. The molecule has 2 aromatic heterocycles. The molecule has 8 nitrogen and oxygen atoms in total. The van der Waals surface area contributed by atoms with Crippen LogP contribution < -0.4 is 5.32 Å². The average Bonchev–Trinajstić information content (AvgIpc) is 3.02. The Morgan fingerprint density at radius 2 is 2.19 bits per heavy atom. The third kappa shape index (κ3) is 3.89. The second-order valence-corrected chi connectivity index (χ2v) is 7.50. The lowest BCUT2D eigenvalue weighted by molar-refractivity contribution is 0.0206. The first-order valence-electron chi connectivity index (χ1n) is 8.68. The van der Waals surface area contributed by atoms with Crippen molar-refractivity contribution >= 4 is 28.8 Å². The lowest BCUT2D eigenvalue weighted by Gasteiger charge is -2.35. The van der Waals surface area contributed by atoms with Crippen LogP contribution in [0.2, 0.25) is 0 Å². The van der Waals surface area contributed by atoms with E-state index in [0.29, 0.717) is 24.4 Å². The Labute approximate surface area is 151 Å². The van der Waals surface area contributed by atoms with Gasteiger partial charge in [-0.05, 0) is 39.7 Å². The van der Waals surface area contributed by atoms with Crippen molar-refractivity contribution in [1.29, 1.82) is 0 Å². The molecular formula is C18H24N4O4. The molecule has 1 saturated heterocycles. The fraction of sp³-hybridized carbons (Fsp3) is 0.500. The number of carboxylic acids is 1. The number of likely N-dealkylation sites (tertiary alicyclic amines) is 1. The molecule has 1 atom stereocenters. The van der Waals surface area contributed by atoms with E-state index in [1.165, 1.54) is 6.20 Å². The van der Waals surface area contributed by atoms with Crippen LogP contribution in [0.25, 0.3) is 11.0 Å². The predicted octanol–water partition coefficient (Wildman–Crippen LogP) is 3.07. The van der Waals surface area contributed by atoms with Crippen LogP contribution in [0, 0.1) is 0 Å². The highest BCUT2D eigenvalue weighted by Gasteiger charge is 2.28. The number of aromatic carboxylic acids is 1. The molecule has 26 heavy (non-hydrogen) atoms. The van der Waals surface area contributed by atoms with Gasteiger partial charge in [0.25, 0.3) is 0 Å². The molecule has 1 amide bonds. The van der Waals surface area contributed by atoms with E-state index in [0.717, 1.165) is 18.2 Å². The van der Waals surface area contributed by atoms with Crippen LogP contribution in [0.15, 0.2) is 18.5 Å². The summed E-state index contributed by atoms with van der Waals surface area (Å²) in [6.07, 6.45) is 4.39. The van der Waals surface area contributed by atoms with Gasteiger partial charge in [0.2, 0.25) is 0 Å². The molecule has 3 rings (SSSR count). The van der Waals surface area contributed by atoms with Gasteiger partial charge in [0, 0.05) is 36.9 Å². The highest BCUT2D eigenvalue weighted by molar-refractivity contribution is 6.03. The summed E-state index contributed by atoms with van der Waals surface area (Å²) in [4.78, 5) is 32.7. The number of aromatic nitrogens is 2. The standard InChI is InChI=1S/C18H24N4O4/c1-18(2,3)26-17(25)22-8-4-5-11(10-22)21-14-12-6-7-19-15(12)20-9-13(14)16(23)24/h6-7,9,11H,4-5,8,10H2,1-3H3,(H,23,24)(H2,19,20,21)/t11-/m0/s1. The molecule has 1 aliphatic rings. The SMILES string of the molecule is CC(C)(C)OC(=O)N1CCC[C@H](Nc2c(C(=O)O)cnc3[nH]ccc23)C1. The number of ether oxygens (including phenoxy) is 1. The third-order valence-electron chi connectivity index (χ3n) is 4.24. The topological polar surface area (TPSA) is 108 Å². The van der Waals surface area contributed by atoms with E-state index in [1.54, 1.807) is 17.2 Å². The van der Waals surface area contributed by atoms with Crippen molar-refractivity contribution in [2.45, 2.75) is 45.3 Å². The highest BCUT2D eigenvalue weighted by atomic mass is 16.6. The van der Waals surface area contributed by atoms with Crippen molar-refractivity contribution in [2.75, 3.05) is 18.4 Å². The Balaban J connectivity index is 1.80. The number of H-pyrrole nitrogens is 1. The zero-order valence-electron chi connectivity index (χ0n) is 15.2. The largest absolute Gasteiger partial charge is 0.478 e. The third-order valence-corrected chi connectivity index (χ3v) is 4.24. The molecular weight excluding hydrogens is 336 g/mol. The molecule has 1 aliphatic heterocycles. The van der Waals surface area contributed by atoms with Crippen molar-refractivity contribution in [3.8, 4) is 0 Å². The number of carboxylic acid groups (broad SMARTS) is 1. The minimum absolute atomic E-state index is 0.0603. The number of carbonyl (C=O) groups is 2.